The van der Waals surface area contributed by atoms with Crippen LogP contribution >= 0.6 is 0 Å². The first-order valence-electron chi connectivity index (χ1n) is 4.20. The summed E-state index contributed by atoms with van der Waals surface area (Å²) >= 11 is 0. The fourth-order valence-corrected chi connectivity index (χ4v) is 1.40. The normalized spacial score (nSPS) is 11.2. The Labute approximate surface area is 71.8 Å². The van der Waals surface area contributed by atoms with Crippen LogP contribution in [0.3, 0.4) is 0 Å². The van der Waals surface area contributed by atoms with Crippen molar-refractivity contribution in [2.24, 2.45) is 0 Å². The number of hydrogen-bond acceptors (Lipinski definition) is 1. The van der Waals surface area contributed by atoms with Crippen LogP contribution < -0.4 is 0 Å². The van der Waals surface area contributed by atoms with E-state index in [0.29, 0.717) is 6.04 Å². The molecule has 0 aliphatic rings. The SMILES string of the molecule is CC(C)n1ccc2cccnc21. The molecule has 0 spiro atoms. The number of aromatic nitrogens is 2. The Balaban J connectivity index is 2.70. The van der Waals surface area contributed by atoms with Crippen LogP contribution in [0.25, 0.3) is 11.0 Å². The zero-order valence-corrected chi connectivity index (χ0v) is 7.36. The minimum absolute atomic E-state index is 0.484. The summed E-state index contributed by atoms with van der Waals surface area (Å²) in [5.74, 6) is 0. The van der Waals surface area contributed by atoms with Gasteiger partial charge in [-0.25, -0.2) is 4.98 Å². The van der Waals surface area contributed by atoms with Crippen LogP contribution in [0.5, 0.6) is 0 Å². The highest BCUT2D eigenvalue weighted by Crippen LogP contribution is 2.16. The molecule has 0 aliphatic carbocycles. The number of rotatable bonds is 1. The Morgan fingerprint density at radius 3 is 2.92 bits per heavy atom. The predicted molar refractivity (Wildman–Crippen MR) is 50.1 cm³/mol. The summed E-state index contributed by atoms with van der Waals surface area (Å²) in [6, 6.07) is 6.63. The molecule has 2 aromatic rings. The molecular weight excluding hydrogens is 148 g/mol. The second-order valence-electron chi connectivity index (χ2n) is 3.23. The first-order valence-corrected chi connectivity index (χ1v) is 4.20. The molecule has 2 nitrogen and oxygen atoms in total. The van der Waals surface area contributed by atoms with Gasteiger partial charge in [0.05, 0.1) is 0 Å². The molecule has 0 unspecified atom stereocenters. The molecule has 2 rings (SSSR count). The smallest absolute Gasteiger partial charge is 0.140 e. The van der Waals surface area contributed by atoms with Crippen molar-refractivity contribution in [3.05, 3.63) is 30.6 Å². The van der Waals surface area contributed by atoms with Crippen molar-refractivity contribution in [1.29, 1.82) is 0 Å². The van der Waals surface area contributed by atoms with E-state index in [-0.39, 0.29) is 0 Å². The van der Waals surface area contributed by atoms with E-state index in [4.69, 9.17) is 0 Å². The third-order valence-corrected chi connectivity index (χ3v) is 2.03. The average Bonchev–Trinajstić information content (AvgIpc) is 2.47. The van der Waals surface area contributed by atoms with Gasteiger partial charge in [0, 0.05) is 23.8 Å². The fraction of sp³-hybridized carbons (Fsp3) is 0.300. The lowest BCUT2D eigenvalue weighted by Crippen LogP contribution is -1.98. The highest BCUT2D eigenvalue weighted by Gasteiger charge is 2.02. The van der Waals surface area contributed by atoms with Crippen LogP contribution in [0.15, 0.2) is 30.6 Å². The molecule has 2 heterocycles. The van der Waals surface area contributed by atoms with Crippen LogP contribution in [0.4, 0.5) is 0 Å². The summed E-state index contributed by atoms with van der Waals surface area (Å²) in [5, 5.41) is 1.21. The molecular formula is C10H12N2. The monoisotopic (exact) mass is 160 g/mol. The van der Waals surface area contributed by atoms with Gasteiger partial charge in [-0.05, 0) is 32.0 Å². The Bertz CT molecular complexity index is 387. The van der Waals surface area contributed by atoms with Gasteiger partial charge in [0.2, 0.25) is 0 Å². The fourth-order valence-electron chi connectivity index (χ4n) is 1.40. The van der Waals surface area contributed by atoms with E-state index in [0.717, 1.165) is 5.65 Å². The first-order chi connectivity index (χ1) is 5.79. The summed E-state index contributed by atoms with van der Waals surface area (Å²) in [7, 11) is 0. The number of fused-ring (bicyclic) bond motifs is 1. The van der Waals surface area contributed by atoms with Gasteiger partial charge in [-0.3, -0.25) is 0 Å². The number of pyridine rings is 1. The standard InChI is InChI=1S/C10H12N2/c1-8(2)12-7-5-9-4-3-6-11-10(9)12/h3-8H,1-2H3. The molecule has 0 radical (unpaired) electrons. The van der Waals surface area contributed by atoms with Crippen molar-refractivity contribution in [3.8, 4) is 0 Å². The van der Waals surface area contributed by atoms with Gasteiger partial charge in [-0.2, -0.15) is 0 Å². The third kappa shape index (κ3) is 0.998. The van der Waals surface area contributed by atoms with Gasteiger partial charge in [0.1, 0.15) is 5.65 Å². The van der Waals surface area contributed by atoms with Crippen molar-refractivity contribution in [1.82, 2.24) is 9.55 Å². The Morgan fingerprint density at radius 2 is 2.17 bits per heavy atom. The van der Waals surface area contributed by atoms with E-state index < -0.39 is 0 Å². The largest absolute Gasteiger partial charge is 0.330 e. The maximum absolute atomic E-state index is 4.33. The topological polar surface area (TPSA) is 17.8 Å². The molecule has 0 fully saturated rings. The second kappa shape index (κ2) is 2.63. The molecule has 0 saturated carbocycles. The Kier molecular flexibility index (Phi) is 1.61. The second-order valence-corrected chi connectivity index (χ2v) is 3.23. The molecule has 62 valence electrons. The molecule has 0 N–H and O–H groups in total. The predicted octanol–water partition coefficient (Wildman–Crippen LogP) is 2.62. The average molecular weight is 160 g/mol. The van der Waals surface area contributed by atoms with E-state index in [9.17, 15) is 0 Å². The lowest BCUT2D eigenvalue weighted by atomic mass is 10.3. The molecule has 2 heteroatoms. The summed E-state index contributed by atoms with van der Waals surface area (Å²) in [4.78, 5) is 4.33. The van der Waals surface area contributed by atoms with Crippen molar-refractivity contribution in [2.75, 3.05) is 0 Å². The molecule has 0 aromatic carbocycles. The van der Waals surface area contributed by atoms with E-state index in [1.54, 1.807) is 0 Å². The summed E-state index contributed by atoms with van der Waals surface area (Å²) < 4.78 is 2.18. The minimum atomic E-state index is 0.484. The third-order valence-electron chi connectivity index (χ3n) is 2.03. The quantitative estimate of drug-likeness (QED) is 0.627. The minimum Gasteiger partial charge on any atom is -0.330 e. The molecule has 0 amide bonds. The molecule has 0 bridgehead atoms. The van der Waals surface area contributed by atoms with Crippen LogP contribution in [0, 0.1) is 0 Å². The zero-order valence-electron chi connectivity index (χ0n) is 7.36. The summed E-state index contributed by atoms with van der Waals surface area (Å²) in [5.41, 5.74) is 1.08. The first kappa shape index (κ1) is 7.35. The van der Waals surface area contributed by atoms with Crippen molar-refractivity contribution in [2.45, 2.75) is 19.9 Å². The maximum atomic E-state index is 4.33. The molecule has 0 saturated heterocycles. The van der Waals surface area contributed by atoms with Gasteiger partial charge in [0.15, 0.2) is 0 Å². The molecule has 2 aromatic heterocycles. The van der Waals surface area contributed by atoms with Crippen LogP contribution in [0.2, 0.25) is 0 Å². The summed E-state index contributed by atoms with van der Waals surface area (Å²) in [6.07, 6.45) is 3.92. The van der Waals surface area contributed by atoms with Crippen molar-refractivity contribution >= 4 is 11.0 Å². The molecule has 0 aliphatic heterocycles. The van der Waals surface area contributed by atoms with Gasteiger partial charge in [0.25, 0.3) is 0 Å². The maximum Gasteiger partial charge on any atom is 0.140 e. The van der Waals surface area contributed by atoms with Crippen LogP contribution in [0.1, 0.15) is 19.9 Å². The molecule has 12 heavy (non-hydrogen) atoms. The van der Waals surface area contributed by atoms with E-state index in [1.807, 2.05) is 12.3 Å². The van der Waals surface area contributed by atoms with Crippen molar-refractivity contribution in [3.63, 3.8) is 0 Å². The highest BCUT2D eigenvalue weighted by molar-refractivity contribution is 5.75. The van der Waals surface area contributed by atoms with Crippen molar-refractivity contribution < 1.29 is 0 Å². The van der Waals surface area contributed by atoms with Crippen LogP contribution in [-0.4, -0.2) is 9.55 Å². The van der Waals surface area contributed by atoms with Crippen LogP contribution in [-0.2, 0) is 0 Å². The van der Waals surface area contributed by atoms with Gasteiger partial charge in [-0.1, -0.05) is 0 Å². The Hall–Kier alpha value is -1.31. The number of nitrogens with zero attached hydrogens (tertiary/aromatic N) is 2. The molecule has 0 atom stereocenters. The van der Waals surface area contributed by atoms with Gasteiger partial charge >= 0.3 is 0 Å². The summed E-state index contributed by atoms with van der Waals surface area (Å²) in [6.45, 7) is 4.32. The highest BCUT2D eigenvalue weighted by atomic mass is 15.0. The van der Waals surface area contributed by atoms with E-state index in [1.165, 1.54) is 5.39 Å². The Morgan fingerprint density at radius 1 is 1.33 bits per heavy atom. The zero-order chi connectivity index (χ0) is 8.55. The van der Waals surface area contributed by atoms with E-state index in [2.05, 4.69) is 41.7 Å². The lowest BCUT2D eigenvalue weighted by molar-refractivity contribution is 0.618. The van der Waals surface area contributed by atoms with E-state index >= 15 is 0 Å². The van der Waals surface area contributed by atoms with Gasteiger partial charge < -0.3 is 4.57 Å². The van der Waals surface area contributed by atoms with Gasteiger partial charge in [-0.15, -0.1) is 0 Å². The lowest BCUT2D eigenvalue weighted by Gasteiger charge is -2.07. The number of hydrogen-bond donors (Lipinski definition) is 0.